The molecule has 1 aromatic carbocycles. The molecule has 1 atom stereocenters. The normalized spacial score (nSPS) is 13.5. The Balaban J connectivity index is 1.32. The minimum atomic E-state index is -0.240. The molecule has 0 saturated heterocycles. The summed E-state index contributed by atoms with van der Waals surface area (Å²) in [5.74, 6) is 1.78. The predicted octanol–water partition coefficient (Wildman–Crippen LogP) is 4.18. The van der Waals surface area contributed by atoms with Gasteiger partial charge in [-0.15, -0.1) is 0 Å². The minimum Gasteiger partial charge on any atom is -0.493 e. The Morgan fingerprint density at radius 2 is 2.19 bits per heavy atom. The Bertz CT molecular complexity index is 1450. The zero-order chi connectivity index (χ0) is 25.8. The van der Waals surface area contributed by atoms with Crippen molar-refractivity contribution >= 4 is 17.5 Å². The number of nitriles is 1. The predicted molar refractivity (Wildman–Crippen MR) is 134 cm³/mol. The summed E-state index contributed by atoms with van der Waals surface area (Å²) >= 11 is 0. The second kappa shape index (κ2) is 10.5. The minimum absolute atomic E-state index is 0.0615. The molecule has 2 N–H and O–H groups in total. The first-order valence-corrected chi connectivity index (χ1v) is 11.9. The van der Waals surface area contributed by atoms with Crippen LogP contribution in [0.1, 0.15) is 47.1 Å². The van der Waals surface area contributed by atoms with E-state index in [9.17, 15) is 10.1 Å². The topological polar surface area (TPSA) is 144 Å². The van der Waals surface area contributed by atoms with Crippen LogP contribution in [0.25, 0.3) is 11.3 Å². The van der Waals surface area contributed by atoms with Crippen LogP contribution in [0, 0.1) is 24.2 Å². The fourth-order valence-corrected chi connectivity index (χ4v) is 4.12. The molecule has 5 rings (SSSR count). The van der Waals surface area contributed by atoms with Crippen LogP contribution in [0.2, 0.25) is 0 Å². The van der Waals surface area contributed by atoms with Gasteiger partial charge in [0.2, 0.25) is 5.95 Å². The van der Waals surface area contributed by atoms with Crippen molar-refractivity contribution in [2.24, 2.45) is 5.92 Å². The summed E-state index contributed by atoms with van der Waals surface area (Å²) < 4.78 is 12.4. The van der Waals surface area contributed by atoms with Gasteiger partial charge >= 0.3 is 0 Å². The molecule has 1 fully saturated rings. The van der Waals surface area contributed by atoms with Crippen molar-refractivity contribution in [2.75, 3.05) is 12.4 Å². The van der Waals surface area contributed by atoms with E-state index in [1.54, 1.807) is 50.7 Å². The van der Waals surface area contributed by atoms with Crippen LogP contribution in [0.5, 0.6) is 5.75 Å². The third-order valence-electron chi connectivity index (χ3n) is 6.14. The summed E-state index contributed by atoms with van der Waals surface area (Å²) in [6, 6.07) is 11.1. The highest BCUT2D eigenvalue weighted by Gasteiger charge is 2.33. The maximum atomic E-state index is 12.6. The Kier molecular flexibility index (Phi) is 6.81. The van der Waals surface area contributed by atoms with E-state index in [-0.39, 0.29) is 18.5 Å². The number of amides is 1. The first kappa shape index (κ1) is 24.0. The second-order valence-electron chi connectivity index (χ2n) is 8.90. The SMILES string of the molecule is COc1cnc(Nc2cccc(C(=O)NCc3cc(C)on3)c2)nc1-c1cnn(C(CC#N)C2CC2)c1. The van der Waals surface area contributed by atoms with Crippen molar-refractivity contribution in [3.63, 3.8) is 0 Å². The van der Waals surface area contributed by atoms with Gasteiger partial charge in [0, 0.05) is 29.1 Å². The number of carbonyl (C=O) groups is 1. The molecule has 3 aromatic heterocycles. The van der Waals surface area contributed by atoms with Crippen LogP contribution in [0.4, 0.5) is 11.6 Å². The Morgan fingerprint density at radius 3 is 2.92 bits per heavy atom. The van der Waals surface area contributed by atoms with Crippen molar-refractivity contribution < 1.29 is 14.1 Å². The van der Waals surface area contributed by atoms with Gasteiger partial charge in [0.25, 0.3) is 5.91 Å². The fraction of sp³-hybridized carbons (Fsp3) is 0.308. The summed E-state index contributed by atoms with van der Waals surface area (Å²) in [5.41, 5.74) is 3.12. The number of nitrogens with one attached hydrogen (secondary N) is 2. The highest BCUT2D eigenvalue weighted by atomic mass is 16.5. The van der Waals surface area contributed by atoms with E-state index in [0.29, 0.717) is 52.4 Å². The van der Waals surface area contributed by atoms with Gasteiger partial charge in [0.1, 0.15) is 17.1 Å². The molecule has 4 aromatic rings. The molecule has 1 amide bonds. The molecule has 11 heteroatoms. The first-order valence-electron chi connectivity index (χ1n) is 11.9. The van der Waals surface area contributed by atoms with Crippen molar-refractivity contribution in [1.29, 1.82) is 5.26 Å². The van der Waals surface area contributed by atoms with Gasteiger partial charge in [-0.25, -0.2) is 9.97 Å². The van der Waals surface area contributed by atoms with Gasteiger partial charge in [-0.2, -0.15) is 10.4 Å². The number of anilines is 2. The average molecular weight is 499 g/mol. The third-order valence-corrected chi connectivity index (χ3v) is 6.14. The van der Waals surface area contributed by atoms with Gasteiger partial charge in [-0.05, 0) is 43.9 Å². The number of nitrogens with zero attached hydrogens (tertiary/aromatic N) is 6. The molecule has 0 aliphatic heterocycles. The molecule has 1 aliphatic rings. The highest BCUT2D eigenvalue weighted by molar-refractivity contribution is 5.95. The number of hydrogen-bond acceptors (Lipinski definition) is 9. The fourth-order valence-electron chi connectivity index (χ4n) is 4.12. The number of aromatic nitrogens is 5. The van der Waals surface area contributed by atoms with Crippen LogP contribution in [0.3, 0.4) is 0 Å². The zero-order valence-corrected chi connectivity index (χ0v) is 20.5. The number of aryl methyl sites for hydroxylation is 1. The van der Waals surface area contributed by atoms with Crippen molar-refractivity contribution in [3.05, 3.63) is 65.9 Å². The van der Waals surface area contributed by atoms with Crippen LogP contribution < -0.4 is 15.4 Å². The number of methoxy groups -OCH3 is 1. The second-order valence-corrected chi connectivity index (χ2v) is 8.90. The summed E-state index contributed by atoms with van der Waals surface area (Å²) in [7, 11) is 1.56. The lowest BCUT2D eigenvalue weighted by molar-refractivity contribution is 0.0950. The lowest BCUT2D eigenvalue weighted by atomic mass is 10.1. The number of ether oxygens (including phenoxy) is 1. The zero-order valence-electron chi connectivity index (χ0n) is 20.5. The molecule has 188 valence electrons. The van der Waals surface area contributed by atoms with Crippen LogP contribution in [-0.2, 0) is 6.54 Å². The van der Waals surface area contributed by atoms with Gasteiger partial charge in [-0.3, -0.25) is 9.48 Å². The quantitative estimate of drug-likeness (QED) is 0.329. The summed E-state index contributed by atoms with van der Waals surface area (Å²) in [6.07, 6.45) is 7.86. The first-order chi connectivity index (χ1) is 18.0. The lowest BCUT2D eigenvalue weighted by Gasteiger charge is -2.13. The molecule has 37 heavy (non-hydrogen) atoms. The van der Waals surface area contributed by atoms with E-state index < -0.39 is 0 Å². The van der Waals surface area contributed by atoms with Gasteiger partial charge in [0.05, 0.1) is 44.6 Å². The molecular formula is C26H26N8O3. The number of rotatable bonds is 10. The Morgan fingerprint density at radius 1 is 1.32 bits per heavy atom. The average Bonchev–Trinajstić information content (AvgIpc) is 3.48. The molecule has 1 aliphatic carbocycles. The van der Waals surface area contributed by atoms with E-state index in [1.165, 1.54) is 0 Å². The molecule has 3 heterocycles. The van der Waals surface area contributed by atoms with Gasteiger partial charge in [0.15, 0.2) is 5.75 Å². The summed E-state index contributed by atoms with van der Waals surface area (Å²) in [5, 5.41) is 23.6. The van der Waals surface area contributed by atoms with E-state index in [2.05, 4.69) is 36.9 Å². The Labute approximate surface area is 213 Å². The van der Waals surface area contributed by atoms with E-state index in [1.807, 2.05) is 16.9 Å². The monoisotopic (exact) mass is 498 g/mol. The van der Waals surface area contributed by atoms with E-state index >= 15 is 0 Å². The van der Waals surface area contributed by atoms with Crippen molar-refractivity contribution in [2.45, 2.75) is 38.8 Å². The molecule has 1 saturated carbocycles. The summed E-state index contributed by atoms with van der Waals surface area (Å²) in [6.45, 7) is 2.06. The molecule has 0 spiro atoms. The van der Waals surface area contributed by atoms with Crippen LogP contribution in [0.15, 0.2) is 53.4 Å². The lowest BCUT2D eigenvalue weighted by Crippen LogP contribution is -2.22. The number of hydrogen-bond donors (Lipinski definition) is 2. The third kappa shape index (κ3) is 5.59. The number of benzene rings is 1. The van der Waals surface area contributed by atoms with Gasteiger partial charge < -0.3 is 19.9 Å². The molecule has 1 unspecified atom stereocenters. The molecule has 0 radical (unpaired) electrons. The molecular weight excluding hydrogens is 472 g/mol. The smallest absolute Gasteiger partial charge is 0.251 e. The largest absolute Gasteiger partial charge is 0.493 e. The van der Waals surface area contributed by atoms with Gasteiger partial charge in [-0.1, -0.05) is 11.2 Å². The van der Waals surface area contributed by atoms with E-state index in [0.717, 1.165) is 18.4 Å². The van der Waals surface area contributed by atoms with Crippen molar-refractivity contribution in [1.82, 2.24) is 30.2 Å². The number of carbonyl (C=O) groups excluding carboxylic acids is 1. The van der Waals surface area contributed by atoms with E-state index in [4.69, 9.17) is 9.26 Å². The Hall–Kier alpha value is -4.72. The maximum Gasteiger partial charge on any atom is 0.251 e. The van der Waals surface area contributed by atoms with Crippen LogP contribution >= 0.6 is 0 Å². The molecule has 11 nitrogen and oxygen atoms in total. The van der Waals surface area contributed by atoms with Crippen molar-refractivity contribution in [3.8, 4) is 23.1 Å². The maximum absolute atomic E-state index is 12.6. The van der Waals surface area contributed by atoms with Crippen LogP contribution in [-0.4, -0.2) is 37.9 Å². The standard InChI is InChI=1S/C26H26N8O3/c1-16-10-21(33-37-16)13-28-25(35)18-4-3-5-20(11-18)31-26-29-14-23(36-2)24(32-26)19-12-30-34(15-19)22(8-9-27)17-6-7-17/h3-5,10-12,14-15,17,22H,6-8,13H2,1-2H3,(H,28,35)(H,29,31,32). The highest BCUT2D eigenvalue weighted by Crippen LogP contribution is 2.41. The molecule has 0 bridgehead atoms. The summed E-state index contributed by atoms with van der Waals surface area (Å²) in [4.78, 5) is 21.6.